The number of β-lactam (4-membered cyclic amide) rings is 1. The quantitative estimate of drug-likeness (QED) is 0.0438. The molecule has 0 aromatic carbocycles. The topological polar surface area (TPSA) is 238 Å². The van der Waals surface area contributed by atoms with E-state index >= 15 is 0 Å². The van der Waals surface area contributed by atoms with Gasteiger partial charge in [-0.1, -0.05) is 5.16 Å². The first-order valence-electron chi connectivity index (χ1n) is 10.5. The summed E-state index contributed by atoms with van der Waals surface area (Å²) in [6.07, 6.45) is 0. The number of nitrogens with zero attached hydrogens (tertiary/aromatic N) is 4. The Kier molecular flexibility index (Phi) is 12.9. The summed E-state index contributed by atoms with van der Waals surface area (Å²) in [4.78, 5) is 74.5. The maximum absolute atomic E-state index is 13.2. The Morgan fingerprint density at radius 2 is 1.73 bits per heavy atom. The van der Waals surface area contributed by atoms with Crippen molar-refractivity contribution in [1.82, 2.24) is 24.9 Å². The normalized spacial score (nSPS) is 15.6. The van der Waals surface area contributed by atoms with E-state index in [1.807, 2.05) is 0 Å². The molecule has 0 bridgehead atoms. The van der Waals surface area contributed by atoms with Crippen LogP contribution in [-0.4, -0.2) is 124 Å². The SMILES string of the molecule is CON=C(C(=O)NC(C(=O)NC1CN(S(=O)(=O)O)C1=O)c1csc(NC(=O)CCl)n1)c1csc(NC(=O)CCl)n1.[NaH]. The number of alkyl halides is 2. The summed E-state index contributed by atoms with van der Waals surface area (Å²) in [5.74, 6) is -4.95. The van der Waals surface area contributed by atoms with Crippen molar-refractivity contribution in [1.29, 1.82) is 0 Å². The van der Waals surface area contributed by atoms with E-state index in [1.165, 1.54) is 10.8 Å². The molecule has 17 nitrogen and oxygen atoms in total. The Morgan fingerprint density at radius 1 is 1.15 bits per heavy atom. The minimum atomic E-state index is -4.81. The first kappa shape index (κ1) is 34.8. The molecule has 0 saturated carbocycles. The third-order valence-electron chi connectivity index (χ3n) is 4.72. The molecule has 1 saturated heterocycles. The molecule has 1 aliphatic heterocycles. The van der Waals surface area contributed by atoms with Gasteiger partial charge in [0.2, 0.25) is 17.7 Å². The average Bonchev–Trinajstić information content (AvgIpc) is 3.56. The van der Waals surface area contributed by atoms with Gasteiger partial charge in [0.1, 0.15) is 30.6 Å². The van der Waals surface area contributed by atoms with E-state index in [1.54, 1.807) is 0 Å². The molecule has 0 spiro atoms. The van der Waals surface area contributed by atoms with E-state index in [0.29, 0.717) is 0 Å². The summed E-state index contributed by atoms with van der Waals surface area (Å²) in [7, 11) is -3.66. The molecule has 0 radical (unpaired) electrons. The number of halogens is 2. The van der Waals surface area contributed by atoms with Crippen LogP contribution < -0.4 is 21.3 Å². The summed E-state index contributed by atoms with van der Waals surface area (Å²) < 4.78 is 31.6. The minimum absolute atomic E-state index is 0. The van der Waals surface area contributed by atoms with Crippen LogP contribution in [-0.2, 0) is 39.1 Å². The summed E-state index contributed by atoms with van der Waals surface area (Å²) in [6.45, 7) is -0.551. The molecule has 2 atom stereocenters. The molecule has 2 unspecified atom stereocenters. The second kappa shape index (κ2) is 15.2. The molecule has 3 heterocycles. The number of hydrogen-bond acceptors (Lipinski definition) is 13. The van der Waals surface area contributed by atoms with Gasteiger partial charge in [0, 0.05) is 10.8 Å². The van der Waals surface area contributed by atoms with E-state index < -0.39 is 64.2 Å². The van der Waals surface area contributed by atoms with Crippen LogP contribution in [0, 0.1) is 0 Å². The Morgan fingerprint density at radius 3 is 2.27 bits per heavy atom. The van der Waals surface area contributed by atoms with Crippen LogP contribution in [0.4, 0.5) is 10.3 Å². The second-order valence-electron chi connectivity index (χ2n) is 7.42. The Labute approximate surface area is 271 Å². The van der Waals surface area contributed by atoms with Crippen molar-refractivity contribution in [2.45, 2.75) is 12.1 Å². The van der Waals surface area contributed by atoms with Crippen molar-refractivity contribution < 1.29 is 41.8 Å². The first-order valence-corrected chi connectivity index (χ1v) is 14.7. The van der Waals surface area contributed by atoms with Crippen LogP contribution in [0.15, 0.2) is 15.9 Å². The van der Waals surface area contributed by atoms with Crippen molar-refractivity contribution in [3.63, 3.8) is 0 Å². The summed E-state index contributed by atoms with van der Waals surface area (Å²) in [5, 5.41) is 15.9. The number of carbonyl (C=O) groups excluding carboxylic acids is 5. The molecular weight excluding hydrogens is 662 g/mol. The van der Waals surface area contributed by atoms with Gasteiger partial charge in [0.25, 0.3) is 11.8 Å². The van der Waals surface area contributed by atoms with Gasteiger partial charge in [-0.15, -0.1) is 45.9 Å². The Bertz CT molecular complexity index is 1470. The predicted octanol–water partition coefficient (Wildman–Crippen LogP) is -1.36. The van der Waals surface area contributed by atoms with Crippen LogP contribution >= 0.6 is 45.9 Å². The van der Waals surface area contributed by atoms with E-state index in [-0.39, 0.29) is 67.3 Å². The molecule has 3 rings (SSSR count). The number of thiazole rings is 2. The van der Waals surface area contributed by atoms with E-state index in [9.17, 15) is 32.4 Å². The van der Waals surface area contributed by atoms with Crippen LogP contribution in [0.3, 0.4) is 0 Å². The number of aromatic nitrogens is 2. The van der Waals surface area contributed by atoms with Crippen LogP contribution in [0.5, 0.6) is 0 Å². The zero-order valence-electron chi connectivity index (χ0n) is 19.9. The molecule has 5 N–H and O–H groups in total. The fraction of sp³-hybridized carbons (Fsp3) is 0.333. The number of hydrogen-bond donors (Lipinski definition) is 5. The van der Waals surface area contributed by atoms with E-state index in [4.69, 9.17) is 32.6 Å². The summed E-state index contributed by atoms with van der Waals surface area (Å²) in [6, 6.07) is -2.93. The fourth-order valence-electron chi connectivity index (χ4n) is 2.96. The van der Waals surface area contributed by atoms with Crippen LogP contribution in [0.2, 0.25) is 0 Å². The maximum atomic E-state index is 13.2. The molecule has 2 aromatic rings. The number of oxime groups is 1. The number of rotatable bonds is 12. The standard InChI is InChI=1S/C18H18Cl2N8O9S3.Na.H/c1-37-27-13(9-6-39-18(23-9)25-11(30)3-20)15(32)26-12(8-5-38-17(22-8)24-10(29)2-19)14(31)21-7-4-28(16(7)33)40(34,35)36;;/h5-7,12H,2-4H2,1H3,(H,21,31)(H,26,32)(H,22,24,29)(H,23,25,30)(H,34,35,36);;. The Hall–Kier alpha value is -2.43. The van der Waals surface area contributed by atoms with Gasteiger partial charge in [-0.3, -0.25) is 28.5 Å². The van der Waals surface area contributed by atoms with Crippen molar-refractivity contribution >= 4 is 131 Å². The molecule has 5 amide bonds. The van der Waals surface area contributed by atoms with E-state index in [2.05, 4.69) is 36.4 Å². The zero-order valence-corrected chi connectivity index (χ0v) is 23.9. The molecule has 2 aromatic heterocycles. The fourth-order valence-corrected chi connectivity index (χ4v) is 5.25. The van der Waals surface area contributed by atoms with Crippen LogP contribution in [0.1, 0.15) is 17.4 Å². The molecule has 1 fully saturated rings. The van der Waals surface area contributed by atoms with Crippen molar-refractivity contribution in [3.05, 3.63) is 22.1 Å². The summed E-state index contributed by atoms with van der Waals surface area (Å²) >= 11 is 12.8. The third-order valence-corrected chi connectivity index (χ3v) is 7.63. The predicted molar refractivity (Wildman–Crippen MR) is 150 cm³/mol. The first-order chi connectivity index (χ1) is 18.9. The van der Waals surface area contributed by atoms with Gasteiger partial charge < -0.3 is 26.1 Å². The molecule has 41 heavy (non-hydrogen) atoms. The zero-order chi connectivity index (χ0) is 29.6. The second-order valence-corrected chi connectivity index (χ2v) is 11.0. The molecular formula is C18H19Cl2N8NaO9S3. The number of carbonyl (C=O) groups is 5. The molecule has 23 heteroatoms. The van der Waals surface area contributed by atoms with Crippen LogP contribution in [0.25, 0.3) is 0 Å². The monoisotopic (exact) mass is 680 g/mol. The Balaban J connectivity index is 0.00000588. The number of amides is 5. The molecule has 218 valence electrons. The van der Waals surface area contributed by atoms with Crippen molar-refractivity contribution in [3.8, 4) is 0 Å². The van der Waals surface area contributed by atoms with E-state index in [0.717, 1.165) is 29.8 Å². The molecule has 1 aliphatic rings. The summed E-state index contributed by atoms with van der Waals surface area (Å²) in [5.41, 5.74) is -0.532. The van der Waals surface area contributed by atoms with Gasteiger partial charge in [-0.2, -0.15) is 8.42 Å². The van der Waals surface area contributed by atoms with Gasteiger partial charge in [-0.25, -0.2) is 14.3 Å². The van der Waals surface area contributed by atoms with Crippen molar-refractivity contribution in [2.24, 2.45) is 5.16 Å². The van der Waals surface area contributed by atoms with Gasteiger partial charge in [-0.05, 0) is 0 Å². The van der Waals surface area contributed by atoms with Gasteiger partial charge in [0.05, 0.1) is 12.2 Å². The third kappa shape index (κ3) is 9.03. The molecule has 0 aliphatic carbocycles. The van der Waals surface area contributed by atoms with Crippen molar-refractivity contribution in [2.75, 3.05) is 36.0 Å². The number of nitrogens with one attached hydrogen (secondary N) is 4. The average molecular weight is 681 g/mol. The van der Waals surface area contributed by atoms with Gasteiger partial charge >= 0.3 is 39.9 Å². The number of anilines is 2. The van der Waals surface area contributed by atoms with Gasteiger partial charge in [0.15, 0.2) is 22.0 Å².